The van der Waals surface area contributed by atoms with Gasteiger partial charge < -0.3 is 23.7 Å². The van der Waals surface area contributed by atoms with E-state index >= 15 is 0 Å². The summed E-state index contributed by atoms with van der Waals surface area (Å²) in [6.45, 7) is 5.68. The first-order chi connectivity index (χ1) is 18.8. The lowest BCUT2D eigenvalue weighted by Crippen LogP contribution is -2.12. The van der Waals surface area contributed by atoms with Crippen LogP contribution < -0.4 is 14.2 Å². The van der Waals surface area contributed by atoms with Crippen LogP contribution in [-0.2, 0) is 14.3 Å². The molecule has 3 aromatic rings. The van der Waals surface area contributed by atoms with E-state index in [1.165, 1.54) is 48.5 Å². The minimum absolute atomic E-state index is 0.154. The van der Waals surface area contributed by atoms with Crippen molar-refractivity contribution in [3.63, 3.8) is 0 Å². The molecule has 39 heavy (non-hydrogen) atoms. The van der Waals surface area contributed by atoms with E-state index in [0.717, 1.165) is 11.6 Å². The summed E-state index contributed by atoms with van der Waals surface area (Å²) in [5.74, 6) is -0.752. The maximum Gasteiger partial charge on any atom is 0.513 e. The molecule has 202 valence electrons. The number of hydrogen-bond acceptors (Lipinski definition) is 9. The van der Waals surface area contributed by atoms with Crippen LogP contribution in [0.25, 0.3) is 0 Å². The Morgan fingerprint density at radius 3 is 1.54 bits per heavy atom. The number of rotatable bonds is 12. The van der Waals surface area contributed by atoms with E-state index in [-0.39, 0.29) is 30.3 Å². The van der Waals surface area contributed by atoms with Gasteiger partial charge in [0.2, 0.25) is 0 Å². The fraction of sp³-hybridized carbons (Fsp3) is 0.200. The van der Waals surface area contributed by atoms with Crippen LogP contribution in [0, 0.1) is 6.92 Å². The second-order valence-corrected chi connectivity index (χ2v) is 8.27. The first kappa shape index (κ1) is 28.6. The molecule has 0 amide bonds. The molecule has 0 saturated heterocycles. The summed E-state index contributed by atoms with van der Waals surface area (Å²) in [7, 11) is 0. The van der Waals surface area contributed by atoms with Crippen LogP contribution in [0.2, 0.25) is 0 Å². The number of carbonyl (C=O) groups excluding carboxylic acids is 4. The maximum atomic E-state index is 12.5. The molecule has 0 aliphatic heterocycles. The van der Waals surface area contributed by atoms with E-state index in [4.69, 9.17) is 23.7 Å². The summed E-state index contributed by atoms with van der Waals surface area (Å²) in [5, 5.41) is 0. The number of unbranched alkanes of at least 4 members (excludes halogenated alkanes) is 2. The van der Waals surface area contributed by atoms with E-state index in [1.807, 2.05) is 19.1 Å². The predicted octanol–water partition coefficient (Wildman–Crippen LogP) is 5.85. The summed E-state index contributed by atoms with van der Waals surface area (Å²) in [4.78, 5) is 47.5. The number of benzene rings is 3. The fourth-order valence-corrected chi connectivity index (χ4v) is 3.15. The molecule has 0 N–H and O–H groups in total. The van der Waals surface area contributed by atoms with Gasteiger partial charge in [0.1, 0.15) is 17.2 Å². The lowest BCUT2D eigenvalue weighted by Gasteiger charge is -2.08. The second-order valence-electron chi connectivity index (χ2n) is 8.27. The van der Waals surface area contributed by atoms with Crippen molar-refractivity contribution in [2.75, 3.05) is 13.2 Å². The first-order valence-electron chi connectivity index (χ1n) is 12.2. The Morgan fingerprint density at radius 1 is 0.615 bits per heavy atom. The molecule has 3 rings (SSSR count). The molecule has 0 aliphatic carbocycles. The van der Waals surface area contributed by atoms with Crippen LogP contribution in [0.4, 0.5) is 4.79 Å². The van der Waals surface area contributed by atoms with Crippen molar-refractivity contribution in [2.24, 2.45) is 0 Å². The van der Waals surface area contributed by atoms with Crippen molar-refractivity contribution in [2.45, 2.75) is 26.2 Å². The highest BCUT2D eigenvalue weighted by molar-refractivity contribution is 5.92. The molecule has 0 aliphatic rings. The highest BCUT2D eigenvalue weighted by atomic mass is 16.7. The van der Waals surface area contributed by atoms with Crippen molar-refractivity contribution in [1.29, 1.82) is 0 Å². The Balaban J connectivity index is 1.39. The van der Waals surface area contributed by atoms with Crippen LogP contribution in [0.15, 0.2) is 85.5 Å². The third kappa shape index (κ3) is 9.81. The van der Waals surface area contributed by atoms with Crippen LogP contribution in [0.3, 0.4) is 0 Å². The Morgan fingerprint density at radius 2 is 1.05 bits per heavy atom. The fourth-order valence-electron chi connectivity index (χ4n) is 3.15. The van der Waals surface area contributed by atoms with Gasteiger partial charge in [0, 0.05) is 6.08 Å². The summed E-state index contributed by atoms with van der Waals surface area (Å²) in [5.41, 5.74) is 1.59. The Labute approximate surface area is 225 Å². The SMILES string of the molecule is C=CC(=O)OCCCCCOC(=O)Oc1ccc(C(=O)Oc2ccc(C(=O)Oc3ccc(C)cc3)cc2)cc1. The van der Waals surface area contributed by atoms with E-state index in [0.29, 0.717) is 30.6 Å². The molecule has 0 radical (unpaired) electrons. The molecule has 0 aromatic heterocycles. The Hall–Kier alpha value is -4.92. The predicted molar refractivity (Wildman–Crippen MR) is 141 cm³/mol. The topological polar surface area (TPSA) is 114 Å². The minimum atomic E-state index is -0.871. The molecule has 0 unspecified atom stereocenters. The standard InChI is InChI=1S/C30H28O9/c1-3-27(31)35-19-5-4-6-20-36-30(34)39-26-17-11-23(12-18-26)29(33)38-25-15-9-22(10-16-25)28(32)37-24-13-7-21(2)8-14-24/h3,7-18H,1,4-6,19-20H2,2H3. The van der Waals surface area contributed by atoms with Crippen LogP contribution in [0.1, 0.15) is 45.5 Å². The zero-order chi connectivity index (χ0) is 28.0. The minimum Gasteiger partial charge on any atom is -0.463 e. The van der Waals surface area contributed by atoms with Gasteiger partial charge in [0.15, 0.2) is 0 Å². The average Bonchev–Trinajstić information content (AvgIpc) is 2.94. The van der Waals surface area contributed by atoms with E-state index in [2.05, 4.69) is 6.58 Å². The third-order valence-electron chi connectivity index (χ3n) is 5.24. The zero-order valence-electron chi connectivity index (χ0n) is 21.4. The van der Waals surface area contributed by atoms with Gasteiger partial charge in [0.05, 0.1) is 24.3 Å². The van der Waals surface area contributed by atoms with Crippen LogP contribution in [-0.4, -0.2) is 37.3 Å². The van der Waals surface area contributed by atoms with E-state index in [9.17, 15) is 19.2 Å². The number of carbonyl (C=O) groups is 4. The molecule has 3 aromatic carbocycles. The molecule has 9 nitrogen and oxygen atoms in total. The average molecular weight is 533 g/mol. The first-order valence-corrected chi connectivity index (χ1v) is 12.2. The van der Waals surface area contributed by atoms with Gasteiger partial charge in [-0.05, 0) is 86.8 Å². The van der Waals surface area contributed by atoms with Gasteiger partial charge in [-0.25, -0.2) is 19.2 Å². The Kier molecular flexibility index (Phi) is 10.8. The number of hydrogen-bond donors (Lipinski definition) is 0. The second kappa shape index (κ2) is 14.7. The van der Waals surface area contributed by atoms with Gasteiger partial charge in [0.25, 0.3) is 0 Å². The monoisotopic (exact) mass is 532 g/mol. The molecule has 0 bridgehead atoms. The lowest BCUT2D eigenvalue weighted by atomic mass is 10.2. The molecule has 0 atom stereocenters. The number of ether oxygens (including phenoxy) is 5. The van der Waals surface area contributed by atoms with E-state index in [1.54, 1.807) is 12.1 Å². The van der Waals surface area contributed by atoms with Gasteiger partial charge in [-0.15, -0.1) is 0 Å². The summed E-state index contributed by atoms with van der Waals surface area (Å²) >= 11 is 0. The number of aryl methyl sites for hydroxylation is 1. The highest BCUT2D eigenvalue weighted by Gasteiger charge is 2.13. The lowest BCUT2D eigenvalue weighted by molar-refractivity contribution is -0.137. The molecule has 0 saturated carbocycles. The molecule has 0 heterocycles. The molecular formula is C30H28O9. The van der Waals surface area contributed by atoms with Crippen molar-refractivity contribution in [3.05, 3.63) is 102 Å². The smallest absolute Gasteiger partial charge is 0.463 e. The van der Waals surface area contributed by atoms with Gasteiger partial charge >= 0.3 is 24.1 Å². The maximum absolute atomic E-state index is 12.5. The van der Waals surface area contributed by atoms with Crippen molar-refractivity contribution in [3.8, 4) is 17.2 Å². The van der Waals surface area contributed by atoms with E-state index < -0.39 is 24.1 Å². The molecule has 0 spiro atoms. The number of esters is 3. The third-order valence-corrected chi connectivity index (χ3v) is 5.24. The van der Waals surface area contributed by atoms with Crippen molar-refractivity contribution < 1.29 is 42.9 Å². The quantitative estimate of drug-likeness (QED) is 0.0931. The van der Waals surface area contributed by atoms with Crippen molar-refractivity contribution >= 4 is 24.1 Å². The normalized spacial score (nSPS) is 10.2. The summed E-state index contributed by atoms with van der Waals surface area (Å²) in [6, 6.07) is 18.9. The molecule has 9 heteroatoms. The summed E-state index contributed by atoms with van der Waals surface area (Å²) < 4.78 is 25.6. The summed E-state index contributed by atoms with van der Waals surface area (Å²) in [6.07, 6.45) is 2.15. The highest BCUT2D eigenvalue weighted by Crippen LogP contribution is 2.19. The van der Waals surface area contributed by atoms with Crippen LogP contribution >= 0.6 is 0 Å². The zero-order valence-corrected chi connectivity index (χ0v) is 21.4. The molecular weight excluding hydrogens is 504 g/mol. The van der Waals surface area contributed by atoms with Gasteiger partial charge in [-0.3, -0.25) is 0 Å². The van der Waals surface area contributed by atoms with Gasteiger partial charge in [-0.2, -0.15) is 0 Å². The Bertz CT molecular complexity index is 1280. The molecule has 0 fully saturated rings. The largest absolute Gasteiger partial charge is 0.513 e. The van der Waals surface area contributed by atoms with Crippen molar-refractivity contribution in [1.82, 2.24) is 0 Å². The van der Waals surface area contributed by atoms with Gasteiger partial charge in [-0.1, -0.05) is 24.3 Å². The van der Waals surface area contributed by atoms with Crippen LogP contribution in [0.5, 0.6) is 17.2 Å².